The summed E-state index contributed by atoms with van der Waals surface area (Å²) in [6.45, 7) is 4.97. The first-order chi connectivity index (χ1) is 18.6. The summed E-state index contributed by atoms with van der Waals surface area (Å²) in [5, 5.41) is 3.64. The van der Waals surface area contributed by atoms with Gasteiger partial charge in [0.1, 0.15) is 5.58 Å². The fraction of sp³-hybridized carbons (Fsp3) is 0.125. The normalized spacial score (nSPS) is 12.6. The Labute approximate surface area is 237 Å². The Balaban J connectivity index is 0.000000192. The van der Waals surface area contributed by atoms with Crippen molar-refractivity contribution in [3.05, 3.63) is 115 Å². The van der Waals surface area contributed by atoms with E-state index in [2.05, 4.69) is 66.0 Å². The molecule has 0 saturated carbocycles. The number of hydrogen-bond donors (Lipinski definition) is 0. The third-order valence-electron chi connectivity index (χ3n) is 5.93. The van der Waals surface area contributed by atoms with E-state index in [4.69, 9.17) is 8.53 Å². The van der Waals surface area contributed by atoms with E-state index in [1.54, 1.807) is 18.2 Å². The Morgan fingerprint density at radius 3 is 2.27 bits per heavy atom. The molecule has 0 saturated heterocycles. The number of rotatable bonds is 3. The van der Waals surface area contributed by atoms with Gasteiger partial charge in [-0.2, -0.15) is 0 Å². The van der Waals surface area contributed by atoms with Crippen molar-refractivity contribution in [3.63, 3.8) is 0 Å². The van der Waals surface area contributed by atoms with Crippen molar-refractivity contribution in [1.29, 1.82) is 0 Å². The minimum atomic E-state index is -2.09. The van der Waals surface area contributed by atoms with Gasteiger partial charge in [-0.3, -0.25) is 0 Å². The first-order valence-electron chi connectivity index (χ1n) is 13.3. The van der Waals surface area contributed by atoms with E-state index in [1.165, 1.54) is 11.4 Å². The molecule has 0 aliphatic carbocycles. The number of para-hydroxylation sites is 1. The molecule has 3 aromatic heterocycles. The van der Waals surface area contributed by atoms with Gasteiger partial charge in [-0.1, -0.05) is 56.0 Å². The predicted octanol–water partition coefficient (Wildman–Crippen LogP) is 7.85. The van der Waals surface area contributed by atoms with E-state index in [9.17, 15) is 0 Å². The average Bonchev–Trinajstić information content (AvgIpc) is 3.31. The largest absolute Gasteiger partial charge is 0.455 e. The van der Waals surface area contributed by atoms with Gasteiger partial charge in [-0.15, -0.1) is 70.9 Å². The minimum absolute atomic E-state index is 0. The molecule has 0 fully saturated rings. The van der Waals surface area contributed by atoms with Gasteiger partial charge in [0.15, 0.2) is 5.58 Å². The topological polar surface area (TPSA) is 38.9 Å². The smallest absolute Gasteiger partial charge is 0.151 e. The van der Waals surface area contributed by atoms with E-state index in [0.717, 1.165) is 44.5 Å². The number of aromatic nitrogens is 2. The van der Waals surface area contributed by atoms with E-state index in [-0.39, 0.29) is 25.7 Å². The summed E-state index contributed by atoms with van der Waals surface area (Å²) in [7, 11) is -1.46. The SMILES string of the molecule is C[Si](C)(C)c1ccc[c-]c1-c1cc2c(cn1)oc1ccccc12.[2H]C([2H])([2H])c1ccc(-c2[c-]cccc2)nc1.[Ir]. The zero-order valence-electron chi connectivity index (χ0n) is 23.9. The van der Waals surface area contributed by atoms with Gasteiger partial charge in [0.25, 0.3) is 0 Å². The molecule has 5 heteroatoms. The summed E-state index contributed by atoms with van der Waals surface area (Å²) in [6, 6.07) is 33.7. The first kappa shape index (κ1) is 22.8. The molecule has 0 aliphatic heterocycles. The van der Waals surface area contributed by atoms with Gasteiger partial charge >= 0.3 is 0 Å². The summed E-state index contributed by atoms with van der Waals surface area (Å²) in [5.74, 6) is 0. The van der Waals surface area contributed by atoms with Gasteiger partial charge in [-0.25, -0.2) is 0 Å². The summed E-state index contributed by atoms with van der Waals surface area (Å²) >= 11 is 0. The maximum absolute atomic E-state index is 7.23. The van der Waals surface area contributed by atoms with E-state index >= 15 is 0 Å². The second-order valence-electron chi connectivity index (χ2n) is 9.58. The summed E-state index contributed by atoms with van der Waals surface area (Å²) in [5.41, 5.74) is 5.69. The molecular formula is C32H28IrN2OSi-2. The molecule has 0 aliphatic rings. The standard InChI is InChI=1S/C20H18NOSi.C12H10N.Ir/c1-23(2,3)20-11-7-5-9-15(20)17-12-16-14-8-4-6-10-18(14)22-19(16)13-21-17;1-10-7-8-12(13-9-10)11-5-3-2-4-6-11;/h4-8,10-13H,1-3H3;2-5,7-9H,1H3;/q2*-1;/i;1D3;. The molecule has 1 radical (unpaired) electrons. The van der Waals surface area contributed by atoms with Crippen molar-refractivity contribution >= 4 is 35.2 Å². The van der Waals surface area contributed by atoms with Crippen LogP contribution in [-0.2, 0) is 20.1 Å². The van der Waals surface area contributed by atoms with Crippen LogP contribution in [0, 0.1) is 19.0 Å². The van der Waals surface area contributed by atoms with Crippen LogP contribution in [0.2, 0.25) is 19.6 Å². The molecule has 0 N–H and O–H groups in total. The van der Waals surface area contributed by atoms with Crippen molar-refractivity contribution in [3.8, 4) is 22.5 Å². The van der Waals surface area contributed by atoms with Crippen LogP contribution in [0.4, 0.5) is 0 Å². The summed E-state index contributed by atoms with van der Waals surface area (Å²) < 4.78 is 27.6. The molecule has 3 nitrogen and oxygen atoms in total. The van der Waals surface area contributed by atoms with Crippen LogP contribution in [0.3, 0.4) is 0 Å². The number of nitrogens with zero attached hydrogens (tertiary/aromatic N) is 2. The van der Waals surface area contributed by atoms with Crippen LogP contribution < -0.4 is 5.19 Å². The molecule has 0 spiro atoms. The van der Waals surface area contributed by atoms with Crippen LogP contribution in [-0.4, -0.2) is 18.0 Å². The fourth-order valence-electron chi connectivity index (χ4n) is 4.15. The zero-order chi connectivity index (χ0) is 27.6. The molecule has 3 aromatic carbocycles. The van der Waals surface area contributed by atoms with Crippen LogP contribution in [0.25, 0.3) is 44.5 Å². The minimum Gasteiger partial charge on any atom is -0.455 e. The number of hydrogen-bond acceptors (Lipinski definition) is 3. The molecule has 6 aromatic rings. The Kier molecular flexibility index (Phi) is 6.99. The van der Waals surface area contributed by atoms with Crippen molar-refractivity contribution in [1.82, 2.24) is 9.97 Å². The van der Waals surface area contributed by atoms with Crippen LogP contribution in [0.5, 0.6) is 0 Å². The quantitative estimate of drug-likeness (QED) is 0.141. The number of furan rings is 1. The van der Waals surface area contributed by atoms with Crippen molar-refractivity contribution in [2.24, 2.45) is 0 Å². The summed E-state index contributed by atoms with van der Waals surface area (Å²) in [6.07, 6.45) is 3.22. The molecule has 187 valence electrons. The molecule has 6 rings (SSSR count). The van der Waals surface area contributed by atoms with Crippen LogP contribution in [0.15, 0.2) is 102 Å². The number of aryl methyl sites for hydroxylation is 1. The van der Waals surface area contributed by atoms with Gasteiger partial charge in [0, 0.05) is 49.3 Å². The van der Waals surface area contributed by atoms with E-state index < -0.39 is 14.9 Å². The summed E-state index contributed by atoms with van der Waals surface area (Å²) in [4.78, 5) is 8.77. The molecule has 0 unspecified atom stereocenters. The van der Waals surface area contributed by atoms with Crippen LogP contribution >= 0.6 is 0 Å². The number of fused-ring (bicyclic) bond motifs is 3. The molecule has 0 atom stereocenters. The first-order valence-corrected chi connectivity index (χ1v) is 15.3. The molecule has 0 bridgehead atoms. The average molecular weight is 680 g/mol. The van der Waals surface area contributed by atoms with Gasteiger partial charge in [0.05, 0.1) is 6.20 Å². The van der Waals surface area contributed by atoms with Crippen molar-refractivity contribution in [2.45, 2.75) is 26.5 Å². The predicted molar refractivity (Wildman–Crippen MR) is 152 cm³/mol. The van der Waals surface area contributed by atoms with E-state index in [1.807, 2.05) is 48.7 Å². The Hall–Kier alpha value is -3.37. The Morgan fingerprint density at radius 1 is 0.757 bits per heavy atom. The Morgan fingerprint density at radius 2 is 1.54 bits per heavy atom. The monoisotopic (exact) mass is 680 g/mol. The van der Waals surface area contributed by atoms with Crippen molar-refractivity contribution in [2.75, 3.05) is 0 Å². The third-order valence-corrected chi connectivity index (χ3v) is 7.97. The molecule has 3 heterocycles. The van der Waals surface area contributed by atoms with E-state index in [0.29, 0.717) is 0 Å². The zero-order valence-corrected chi connectivity index (χ0v) is 24.3. The molecular weight excluding hydrogens is 649 g/mol. The van der Waals surface area contributed by atoms with Gasteiger partial charge < -0.3 is 14.4 Å². The second-order valence-corrected chi connectivity index (χ2v) is 14.6. The maximum Gasteiger partial charge on any atom is 0.151 e. The fourth-order valence-corrected chi connectivity index (χ4v) is 5.69. The number of pyridine rings is 2. The molecule has 0 amide bonds. The van der Waals surface area contributed by atoms with Crippen LogP contribution in [0.1, 0.15) is 9.68 Å². The maximum atomic E-state index is 7.23. The number of benzene rings is 3. The van der Waals surface area contributed by atoms with Crippen molar-refractivity contribution < 1.29 is 28.6 Å². The molecule has 37 heavy (non-hydrogen) atoms. The van der Waals surface area contributed by atoms with Gasteiger partial charge in [-0.05, 0) is 29.9 Å². The third kappa shape index (κ3) is 5.96. The van der Waals surface area contributed by atoms with Gasteiger partial charge in [0.2, 0.25) is 0 Å². The second kappa shape index (κ2) is 11.3. The Bertz CT molecular complexity index is 1730.